The van der Waals surface area contributed by atoms with E-state index < -0.39 is 17.4 Å². The van der Waals surface area contributed by atoms with Gasteiger partial charge in [0.2, 0.25) is 0 Å². The summed E-state index contributed by atoms with van der Waals surface area (Å²) in [6.45, 7) is -1.55. The van der Waals surface area contributed by atoms with Gasteiger partial charge in [-0.2, -0.15) is 8.78 Å². The lowest BCUT2D eigenvalue weighted by molar-refractivity contribution is -0.385. The highest BCUT2D eigenvalue weighted by atomic mass is 19.3. The van der Waals surface area contributed by atoms with Crippen LogP contribution in [0.25, 0.3) is 0 Å². The number of amides is 1. The highest BCUT2D eigenvalue weighted by molar-refractivity contribution is 5.96. The van der Waals surface area contributed by atoms with E-state index in [1.807, 2.05) is 0 Å². The molecule has 8 heteroatoms. The van der Waals surface area contributed by atoms with Crippen molar-refractivity contribution in [1.82, 2.24) is 5.32 Å². The quantitative estimate of drug-likeness (QED) is 0.647. The Labute approximate surface area is 136 Å². The fraction of sp³-hybridized carbons (Fsp3) is 0.188. The third-order valence-electron chi connectivity index (χ3n) is 3.37. The third kappa shape index (κ3) is 4.03. The lowest BCUT2D eigenvalue weighted by Gasteiger charge is -2.12. The average molecular weight is 336 g/mol. The van der Waals surface area contributed by atoms with E-state index >= 15 is 0 Å². The molecule has 0 aliphatic heterocycles. The van der Waals surface area contributed by atoms with Crippen LogP contribution in [0.1, 0.15) is 21.5 Å². The number of halogens is 2. The molecule has 0 aliphatic carbocycles. The topological polar surface area (TPSA) is 81.5 Å². The minimum Gasteiger partial charge on any atom is -0.434 e. The van der Waals surface area contributed by atoms with Crippen molar-refractivity contribution in [3.05, 3.63) is 69.3 Å². The largest absolute Gasteiger partial charge is 0.434 e. The Morgan fingerprint density at radius 1 is 1.25 bits per heavy atom. The summed E-state index contributed by atoms with van der Waals surface area (Å²) in [6, 6.07) is 10.2. The van der Waals surface area contributed by atoms with E-state index in [4.69, 9.17) is 0 Å². The monoisotopic (exact) mass is 336 g/mol. The zero-order chi connectivity index (χ0) is 17.7. The number of nitrogens with one attached hydrogen (secondary N) is 1. The number of ether oxygens (including phenoxy) is 1. The number of carbonyl (C=O) groups excluding carboxylic acids is 1. The van der Waals surface area contributed by atoms with Crippen molar-refractivity contribution in [3.63, 3.8) is 0 Å². The number of para-hydroxylation sites is 1. The predicted molar refractivity (Wildman–Crippen MR) is 82.1 cm³/mol. The maximum Gasteiger partial charge on any atom is 0.387 e. The summed E-state index contributed by atoms with van der Waals surface area (Å²) in [4.78, 5) is 22.6. The van der Waals surface area contributed by atoms with Gasteiger partial charge in [-0.05, 0) is 19.1 Å². The Morgan fingerprint density at radius 3 is 2.62 bits per heavy atom. The van der Waals surface area contributed by atoms with Gasteiger partial charge in [-0.25, -0.2) is 0 Å². The van der Waals surface area contributed by atoms with Crippen LogP contribution in [0.5, 0.6) is 5.75 Å². The molecule has 0 radical (unpaired) electrons. The molecule has 0 heterocycles. The van der Waals surface area contributed by atoms with Crippen molar-refractivity contribution in [2.45, 2.75) is 20.1 Å². The van der Waals surface area contributed by atoms with Gasteiger partial charge in [-0.15, -0.1) is 0 Å². The van der Waals surface area contributed by atoms with E-state index in [1.165, 1.54) is 43.3 Å². The Hall–Kier alpha value is -3.03. The van der Waals surface area contributed by atoms with Crippen LogP contribution in [0.3, 0.4) is 0 Å². The molecular formula is C16H14F2N2O4. The van der Waals surface area contributed by atoms with Crippen LogP contribution < -0.4 is 10.1 Å². The number of benzene rings is 2. The van der Waals surface area contributed by atoms with Gasteiger partial charge in [0.15, 0.2) is 0 Å². The van der Waals surface area contributed by atoms with Gasteiger partial charge in [0, 0.05) is 29.3 Å². The molecule has 0 saturated carbocycles. The highest BCUT2D eigenvalue weighted by Crippen LogP contribution is 2.22. The first kappa shape index (κ1) is 17.3. The Bertz CT molecular complexity index is 765. The minimum absolute atomic E-state index is 0.0384. The summed E-state index contributed by atoms with van der Waals surface area (Å²) in [5, 5.41) is 13.5. The van der Waals surface area contributed by atoms with Gasteiger partial charge in [-0.1, -0.05) is 24.3 Å². The Balaban J connectivity index is 2.15. The van der Waals surface area contributed by atoms with Crippen LogP contribution in [0, 0.1) is 17.0 Å². The van der Waals surface area contributed by atoms with Crippen molar-refractivity contribution in [2.24, 2.45) is 0 Å². The number of hydrogen-bond donors (Lipinski definition) is 1. The summed E-state index contributed by atoms with van der Waals surface area (Å²) in [7, 11) is 0. The van der Waals surface area contributed by atoms with Gasteiger partial charge in [0.25, 0.3) is 11.6 Å². The van der Waals surface area contributed by atoms with Crippen LogP contribution in [-0.4, -0.2) is 17.4 Å². The Morgan fingerprint density at radius 2 is 1.96 bits per heavy atom. The molecule has 0 saturated heterocycles. The molecule has 0 spiro atoms. The summed E-state index contributed by atoms with van der Waals surface area (Å²) < 4.78 is 29.1. The zero-order valence-electron chi connectivity index (χ0n) is 12.7. The first-order chi connectivity index (χ1) is 11.4. The lowest BCUT2D eigenvalue weighted by Crippen LogP contribution is -2.24. The molecule has 0 aliphatic rings. The maximum absolute atomic E-state index is 12.4. The van der Waals surface area contributed by atoms with Crippen LogP contribution in [0.2, 0.25) is 0 Å². The van der Waals surface area contributed by atoms with E-state index in [-0.39, 0.29) is 29.1 Å². The lowest BCUT2D eigenvalue weighted by atomic mass is 10.1. The molecule has 6 nitrogen and oxygen atoms in total. The van der Waals surface area contributed by atoms with Crippen LogP contribution >= 0.6 is 0 Å². The zero-order valence-corrected chi connectivity index (χ0v) is 12.7. The van der Waals surface area contributed by atoms with Crippen molar-refractivity contribution in [3.8, 4) is 5.75 Å². The highest BCUT2D eigenvalue weighted by Gasteiger charge is 2.18. The fourth-order valence-corrected chi connectivity index (χ4v) is 2.20. The van der Waals surface area contributed by atoms with Crippen molar-refractivity contribution in [1.29, 1.82) is 0 Å². The van der Waals surface area contributed by atoms with Crippen molar-refractivity contribution >= 4 is 11.6 Å². The standard InChI is InChI=1S/C16H14F2N2O4/c1-10-12(6-4-7-13(10)20(22)23)15(21)19-9-11-5-2-3-8-14(11)24-16(17)18/h2-8,16H,9H2,1H3,(H,19,21). The van der Waals surface area contributed by atoms with E-state index in [1.54, 1.807) is 6.07 Å². The van der Waals surface area contributed by atoms with Crippen molar-refractivity contribution < 1.29 is 23.2 Å². The first-order valence-electron chi connectivity index (χ1n) is 6.95. The molecular weight excluding hydrogens is 322 g/mol. The van der Waals surface area contributed by atoms with E-state index in [0.717, 1.165) is 0 Å². The summed E-state index contributed by atoms with van der Waals surface area (Å²) >= 11 is 0. The molecule has 0 aromatic heterocycles. The van der Waals surface area contributed by atoms with Crippen LogP contribution in [0.15, 0.2) is 42.5 Å². The molecule has 126 valence electrons. The normalized spacial score (nSPS) is 10.5. The first-order valence-corrected chi connectivity index (χ1v) is 6.95. The smallest absolute Gasteiger partial charge is 0.387 e. The number of nitrogens with zero attached hydrogens (tertiary/aromatic N) is 1. The molecule has 2 aromatic rings. The van der Waals surface area contributed by atoms with Gasteiger partial charge in [0.1, 0.15) is 5.75 Å². The molecule has 2 rings (SSSR count). The average Bonchev–Trinajstić information content (AvgIpc) is 2.53. The van der Waals surface area contributed by atoms with Gasteiger partial charge < -0.3 is 10.1 Å². The fourth-order valence-electron chi connectivity index (χ4n) is 2.20. The molecule has 0 atom stereocenters. The number of hydrogen-bond acceptors (Lipinski definition) is 4. The van der Waals surface area contributed by atoms with Gasteiger partial charge >= 0.3 is 6.61 Å². The van der Waals surface area contributed by atoms with Crippen molar-refractivity contribution in [2.75, 3.05) is 0 Å². The third-order valence-corrected chi connectivity index (χ3v) is 3.37. The molecule has 1 N–H and O–H groups in total. The number of rotatable bonds is 6. The predicted octanol–water partition coefficient (Wildman–Crippen LogP) is 3.43. The molecule has 2 aromatic carbocycles. The van der Waals surface area contributed by atoms with E-state index in [9.17, 15) is 23.7 Å². The summed E-state index contributed by atoms with van der Waals surface area (Å²) in [5.41, 5.74) is 0.590. The molecule has 0 fully saturated rings. The molecule has 0 bridgehead atoms. The van der Waals surface area contributed by atoms with E-state index in [2.05, 4.69) is 10.1 Å². The second-order valence-electron chi connectivity index (χ2n) is 4.88. The SMILES string of the molecule is Cc1c(C(=O)NCc2ccccc2OC(F)F)cccc1[N+](=O)[O-]. The number of carbonyl (C=O) groups is 1. The van der Waals surface area contributed by atoms with Gasteiger partial charge in [-0.3, -0.25) is 14.9 Å². The van der Waals surface area contributed by atoms with Crippen LogP contribution in [0.4, 0.5) is 14.5 Å². The molecule has 24 heavy (non-hydrogen) atoms. The molecule has 0 unspecified atom stereocenters. The summed E-state index contributed by atoms with van der Waals surface area (Å²) in [5.74, 6) is -0.577. The summed E-state index contributed by atoms with van der Waals surface area (Å²) in [6.07, 6.45) is 0. The number of nitro benzene ring substituents is 1. The van der Waals surface area contributed by atoms with E-state index in [0.29, 0.717) is 5.56 Å². The molecule has 1 amide bonds. The number of alkyl halides is 2. The van der Waals surface area contributed by atoms with Gasteiger partial charge in [0.05, 0.1) is 4.92 Å². The maximum atomic E-state index is 12.4. The van der Waals surface area contributed by atoms with Crippen LogP contribution in [-0.2, 0) is 6.54 Å². The Kier molecular flexibility index (Phi) is 5.41. The minimum atomic E-state index is -2.97. The number of nitro groups is 1. The second-order valence-corrected chi connectivity index (χ2v) is 4.88. The second kappa shape index (κ2) is 7.49.